The first-order chi connectivity index (χ1) is 11.6. The fourth-order valence-electron chi connectivity index (χ4n) is 5.53. The van der Waals surface area contributed by atoms with E-state index in [4.69, 9.17) is 5.10 Å². The molecule has 0 saturated heterocycles. The van der Waals surface area contributed by atoms with Crippen LogP contribution in [0.4, 0.5) is 0 Å². The normalized spacial score (nSPS) is 32.6. The zero-order chi connectivity index (χ0) is 17.2. The number of nitrogens with one attached hydrogen (secondary N) is 2. The molecule has 0 unspecified atom stereocenters. The van der Waals surface area contributed by atoms with Crippen molar-refractivity contribution in [1.82, 2.24) is 20.4 Å². The van der Waals surface area contributed by atoms with E-state index in [2.05, 4.69) is 42.4 Å². The highest BCUT2D eigenvalue weighted by atomic mass is 15.1. The smallest absolute Gasteiger partial charge is 0.0698 e. The summed E-state index contributed by atoms with van der Waals surface area (Å²) in [5.41, 5.74) is 3.96. The topological polar surface area (TPSA) is 44.0 Å². The minimum absolute atomic E-state index is 0.590. The quantitative estimate of drug-likeness (QED) is 0.758. The van der Waals surface area contributed by atoms with Crippen molar-refractivity contribution in [1.29, 1.82) is 0 Å². The number of rotatable bonds is 8. The Labute approximate surface area is 147 Å². The summed E-state index contributed by atoms with van der Waals surface area (Å²) in [6, 6.07) is 0. The standard InChI is InChI=1S/C20H36N4/c1-5-19-7-8-20(6-2,15-19)12-16(11-19)18-17(13-22-23-18)14-24(4)10-9-21-3/h13,16,21H,5-12,14-15H2,1-4H3,(H,22,23)/t16-,19-,20+. The van der Waals surface area contributed by atoms with Gasteiger partial charge >= 0.3 is 0 Å². The number of fused-ring (bicyclic) bond motifs is 2. The molecule has 3 rings (SSSR count). The van der Waals surface area contributed by atoms with Gasteiger partial charge in [0, 0.05) is 37.3 Å². The van der Waals surface area contributed by atoms with Crippen LogP contribution in [0, 0.1) is 10.8 Å². The van der Waals surface area contributed by atoms with Crippen LogP contribution in [0.15, 0.2) is 6.20 Å². The maximum Gasteiger partial charge on any atom is 0.0698 e. The molecule has 4 heteroatoms. The van der Waals surface area contributed by atoms with Gasteiger partial charge in [-0.25, -0.2) is 0 Å². The third kappa shape index (κ3) is 3.41. The number of aromatic nitrogens is 2. The molecule has 0 spiro atoms. The summed E-state index contributed by atoms with van der Waals surface area (Å²) < 4.78 is 0. The second-order valence-corrected chi connectivity index (χ2v) is 8.63. The van der Waals surface area contributed by atoms with Gasteiger partial charge in [0.05, 0.1) is 5.69 Å². The van der Waals surface area contributed by atoms with E-state index in [1.165, 1.54) is 56.2 Å². The van der Waals surface area contributed by atoms with Gasteiger partial charge in [0.2, 0.25) is 0 Å². The fourth-order valence-corrected chi connectivity index (χ4v) is 5.53. The zero-order valence-corrected chi connectivity index (χ0v) is 16.1. The van der Waals surface area contributed by atoms with Gasteiger partial charge in [0.25, 0.3) is 0 Å². The first-order valence-electron chi connectivity index (χ1n) is 9.91. The molecular formula is C20H36N4. The van der Waals surface area contributed by atoms with E-state index in [-0.39, 0.29) is 0 Å². The monoisotopic (exact) mass is 332 g/mol. The summed E-state index contributed by atoms with van der Waals surface area (Å²) in [6.07, 6.45) is 11.9. The van der Waals surface area contributed by atoms with Gasteiger partial charge in [0.1, 0.15) is 0 Å². The number of hydrogen-bond donors (Lipinski definition) is 2. The van der Waals surface area contributed by atoms with E-state index in [0.29, 0.717) is 16.7 Å². The van der Waals surface area contributed by atoms with Crippen molar-refractivity contribution in [2.24, 2.45) is 10.8 Å². The Balaban J connectivity index is 1.76. The molecule has 1 aromatic heterocycles. The molecule has 3 atom stereocenters. The molecular weight excluding hydrogens is 296 g/mol. The average molecular weight is 333 g/mol. The van der Waals surface area contributed by atoms with E-state index in [0.717, 1.165) is 19.6 Å². The van der Waals surface area contributed by atoms with Crippen molar-refractivity contribution in [3.8, 4) is 0 Å². The molecule has 24 heavy (non-hydrogen) atoms. The SMILES string of the molecule is CC[C@]12CC[C@](CC)(C[C@@H](c3n[nH]cc3CN(C)CCNC)C1)C2. The van der Waals surface area contributed by atoms with E-state index in [1.807, 2.05) is 7.05 Å². The molecule has 2 bridgehead atoms. The van der Waals surface area contributed by atoms with Gasteiger partial charge in [-0.3, -0.25) is 5.10 Å². The van der Waals surface area contributed by atoms with Crippen LogP contribution in [0.1, 0.15) is 76.0 Å². The minimum Gasteiger partial charge on any atom is -0.318 e. The summed E-state index contributed by atoms with van der Waals surface area (Å²) >= 11 is 0. The Morgan fingerprint density at radius 1 is 1.25 bits per heavy atom. The van der Waals surface area contributed by atoms with Gasteiger partial charge in [-0.1, -0.05) is 26.7 Å². The molecule has 0 radical (unpaired) electrons. The molecule has 0 aliphatic heterocycles. The molecule has 0 amide bonds. The molecule has 136 valence electrons. The Hall–Kier alpha value is -0.870. The lowest BCUT2D eigenvalue weighted by Gasteiger charge is -2.43. The van der Waals surface area contributed by atoms with Crippen LogP contribution in [0.25, 0.3) is 0 Å². The lowest BCUT2D eigenvalue weighted by Crippen LogP contribution is -2.32. The number of nitrogens with zero attached hydrogens (tertiary/aromatic N) is 2. The van der Waals surface area contributed by atoms with E-state index in [1.54, 1.807) is 0 Å². The van der Waals surface area contributed by atoms with Crippen LogP contribution in [0.5, 0.6) is 0 Å². The number of hydrogen-bond acceptors (Lipinski definition) is 3. The molecule has 2 aliphatic rings. The van der Waals surface area contributed by atoms with E-state index in [9.17, 15) is 0 Å². The van der Waals surface area contributed by atoms with Crippen molar-refractivity contribution in [3.05, 3.63) is 17.5 Å². The van der Waals surface area contributed by atoms with Crippen molar-refractivity contribution in [2.75, 3.05) is 27.2 Å². The summed E-state index contributed by atoms with van der Waals surface area (Å²) in [4.78, 5) is 2.40. The second-order valence-electron chi connectivity index (χ2n) is 8.63. The molecule has 2 fully saturated rings. The van der Waals surface area contributed by atoms with Crippen LogP contribution in [-0.2, 0) is 6.54 Å². The van der Waals surface area contributed by atoms with Crippen molar-refractivity contribution in [3.63, 3.8) is 0 Å². The predicted octanol–water partition coefficient (Wildman–Crippen LogP) is 3.92. The average Bonchev–Trinajstić information content (AvgIpc) is 3.16. The Bertz CT molecular complexity index is 519. The number of H-pyrrole nitrogens is 1. The van der Waals surface area contributed by atoms with Crippen LogP contribution in [0.3, 0.4) is 0 Å². The summed E-state index contributed by atoms with van der Waals surface area (Å²) in [5, 5.41) is 11.1. The van der Waals surface area contributed by atoms with Crippen molar-refractivity contribution < 1.29 is 0 Å². The van der Waals surface area contributed by atoms with Gasteiger partial charge in [-0.15, -0.1) is 0 Å². The molecule has 2 aliphatic carbocycles. The van der Waals surface area contributed by atoms with E-state index < -0.39 is 0 Å². The summed E-state index contributed by atoms with van der Waals surface area (Å²) in [7, 11) is 4.23. The second kappa shape index (κ2) is 7.17. The molecule has 4 nitrogen and oxygen atoms in total. The fraction of sp³-hybridized carbons (Fsp3) is 0.850. The molecule has 2 saturated carbocycles. The lowest BCUT2D eigenvalue weighted by atomic mass is 9.62. The highest BCUT2D eigenvalue weighted by molar-refractivity contribution is 5.24. The molecule has 2 N–H and O–H groups in total. The van der Waals surface area contributed by atoms with Crippen molar-refractivity contribution >= 4 is 0 Å². The minimum atomic E-state index is 0.590. The van der Waals surface area contributed by atoms with Crippen LogP contribution >= 0.6 is 0 Å². The first-order valence-corrected chi connectivity index (χ1v) is 9.91. The third-order valence-electron chi connectivity index (χ3n) is 7.12. The molecule has 1 heterocycles. The van der Waals surface area contributed by atoms with Gasteiger partial charge in [-0.05, 0) is 57.0 Å². The largest absolute Gasteiger partial charge is 0.318 e. The summed E-state index contributed by atoms with van der Waals surface area (Å²) in [6.45, 7) is 7.92. The number of aromatic amines is 1. The Kier molecular flexibility index (Phi) is 5.36. The van der Waals surface area contributed by atoms with E-state index >= 15 is 0 Å². The highest BCUT2D eigenvalue weighted by Gasteiger charge is 2.52. The number of likely N-dealkylation sites (N-methyl/N-ethyl adjacent to an activating group) is 2. The first kappa shape index (κ1) is 17.9. The molecule has 0 aromatic carbocycles. The summed E-state index contributed by atoms with van der Waals surface area (Å²) in [5.74, 6) is 0.653. The Morgan fingerprint density at radius 3 is 2.50 bits per heavy atom. The van der Waals surface area contributed by atoms with Gasteiger partial charge in [0.15, 0.2) is 0 Å². The predicted molar refractivity (Wildman–Crippen MR) is 100 cm³/mol. The maximum atomic E-state index is 4.73. The Morgan fingerprint density at radius 2 is 1.92 bits per heavy atom. The van der Waals surface area contributed by atoms with Crippen LogP contribution in [0.2, 0.25) is 0 Å². The lowest BCUT2D eigenvalue weighted by molar-refractivity contribution is 0.109. The van der Waals surface area contributed by atoms with Gasteiger partial charge < -0.3 is 10.2 Å². The van der Waals surface area contributed by atoms with Crippen LogP contribution < -0.4 is 5.32 Å². The third-order valence-corrected chi connectivity index (χ3v) is 7.12. The highest BCUT2D eigenvalue weighted by Crippen LogP contribution is 2.64. The van der Waals surface area contributed by atoms with Gasteiger partial charge in [-0.2, -0.15) is 5.10 Å². The maximum absolute atomic E-state index is 4.73. The van der Waals surface area contributed by atoms with Crippen LogP contribution in [-0.4, -0.2) is 42.3 Å². The zero-order valence-electron chi connectivity index (χ0n) is 16.1. The molecule has 1 aromatic rings. The van der Waals surface area contributed by atoms with Crippen molar-refractivity contribution in [2.45, 2.75) is 71.3 Å².